The van der Waals surface area contributed by atoms with Crippen molar-refractivity contribution in [1.29, 1.82) is 0 Å². The summed E-state index contributed by atoms with van der Waals surface area (Å²) in [6.07, 6.45) is 1.68. The zero-order valence-corrected chi connectivity index (χ0v) is 13.1. The molecule has 0 spiro atoms. The Kier molecular flexibility index (Phi) is 4.85. The Morgan fingerprint density at radius 2 is 2.05 bits per heavy atom. The molecule has 0 aliphatic rings. The Morgan fingerprint density at radius 3 is 2.62 bits per heavy atom. The van der Waals surface area contributed by atoms with Crippen LogP contribution in [0.3, 0.4) is 0 Å². The molecule has 2 aromatic rings. The molecule has 6 heteroatoms. The minimum atomic E-state index is -0.275. The largest absolute Gasteiger partial charge is 0.497 e. The van der Waals surface area contributed by atoms with Crippen molar-refractivity contribution in [1.82, 2.24) is 9.78 Å². The monoisotopic (exact) mass is 307 g/mol. The van der Waals surface area contributed by atoms with Gasteiger partial charge in [0, 0.05) is 12.7 Å². The Morgan fingerprint density at radius 1 is 1.38 bits per heavy atom. The number of amides is 1. The number of nitrogens with one attached hydrogen (secondary N) is 1. The first-order chi connectivity index (χ1) is 10.1. The molecule has 1 heterocycles. The van der Waals surface area contributed by atoms with E-state index in [0.29, 0.717) is 16.4 Å². The number of aryl methyl sites for hydroxylation is 2. The maximum Gasteiger partial charge on any atom is 0.275 e. The van der Waals surface area contributed by atoms with E-state index >= 15 is 0 Å². The first-order valence-corrected chi connectivity index (χ1v) is 7.11. The maximum absolute atomic E-state index is 12.3. The van der Waals surface area contributed by atoms with Crippen molar-refractivity contribution < 1.29 is 9.53 Å². The summed E-state index contributed by atoms with van der Waals surface area (Å²) in [5.41, 5.74) is 1.80. The lowest BCUT2D eigenvalue weighted by Gasteiger charge is -2.07. The zero-order valence-electron chi connectivity index (χ0n) is 12.3. The standard InChI is InChI=1S/C15H18ClN3O2/c1-4-5-12-13(16)14(19(2)18-12)15(20)17-10-6-8-11(21-3)9-7-10/h6-9H,4-5H2,1-3H3,(H,17,20). The molecule has 0 saturated carbocycles. The lowest BCUT2D eigenvalue weighted by molar-refractivity contribution is 0.101. The number of anilines is 1. The lowest BCUT2D eigenvalue weighted by atomic mass is 10.2. The molecule has 0 saturated heterocycles. The van der Waals surface area contributed by atoms with E-state index in [1.54, 1.807) is 38.4 Å². The van der Waals surface area contributed by atoms with Crippen LogP contribution in [-0.4, -0.2) is 22.8 Å². The Bertz CT molecular complexity index is 635. The van der Waals surface area contributed by atoms with Gasteiger partial charge in [-0.1, -0.05) is 24.9 Å². The molecular formula is C15H18ClN3O2. The summed E-state index contributed by atoms with van der Waals surface area (Å²) < 4.78 is 6.60. The van der Waals surface area contributed by atoms with Gasteiger partial charge in [-0.25, -0.2) is 0 Å². The van der Waals surface area contributed by atoms with E-state index in [0.717, 1.165) is 24.3 Å². The van der Waals surface area contributed by atoms with Crippen molar-refractivity contribution in [3.63, 3.8) is 0 Å². The van der Waals surface area contributed by atoms with Crippen LogP contribution in [0.2, 0.25) is 5.02 Å². The number of methoxy groups -OCH3 is 1. The second kappa shape index (κ2) is 6.63. The summed E-state index contributed by atoms with van der Waals surface area (Å²) in [4.78, 5) is 12.3. The molecule has 0 aliphatic heterocycles. The van der Waals surface area contributed by atoms with Crippen molar-refractivity contribution in [3.8, 4) is 5.75 Å². The van der Waals surface area contributed by atoms with Gasteiger partial charge in [-0.05, 0) is 30.7 Å². The molecule has 0 aliphatic carbocycles. The second-order valence-electron chi connectivity index (χ2n) is 4.67. The predicted molar refractivity (Wildman–Crippen MR) is 83.2 cm³/mol. The number of hydrogen-bond donors (Lipinski definition) is 1. The quantitative estimate of drug-likeness (QED) is 0.922. The van der Waals surface area contributed by atoms with Gasteiger partial charge in [0.1, 0.15) is 11.4 Å². The topological polar surface area (TPSA) is 56.2 Å². The highest BCUT2D eigenvalue weighted by Gasteiger charge is 2.20. The molecule has 0 atom stereocenters. The SMILES string of the molecule is CCCc1nn(C)c(C(=O)Nc2ccc(OC)cc2)c1Cl. The van der Waals surface area contributed by atoms with E-state index in [1.165, 1.54) is 4.68 Å². The Labute approximate surface area is 128 Å². The third-order valence-electron chi connectivity index (χ3n) is 3.11. The highest BCUT2D eigenvalue weighted by Crippen LogP contribution is 2.23. The fourth-order valence-electron chi connectivity index (χ4n) is 2.06. The first-order valence-electron chi connectivity index (χ1n) is 6.73. The van der Waals surface area contributed by atoms with Gasteiger partial charge in [0.15, 0.2) is 0 Å². The molecule has 1 N–H and O–H groups in total. The van der Waals surface area contributed by atoms with Crippen LogP contribution in [0.15, 0.2) is 24.3 Å². The van der Waals surface area contributed by atoms with E-state index in [9.17, 15) is 4.79 Å². The first kappa shape index (κ1) is 15.4. The lowest BCUT2D eigenvalue weighted by Crippen LogP contribution is -2.16. The Hall–Kier alpha value is -2.01. The smallest absolute Gasteiger partial charge is 0.275 e. The normalized spacial score (nSPS) is 10.5. The van der Waals surface area contributed by atoms with Crippen molar-refractivity contribution in [2.24, 2.45) is 7.05 Å². The van der Waals surface area contributed by atoms with Gasteiger partial charge in [0.2, 0.25) is 0 Å². The molecule has 21 heavy (non-hydrogen) atoms. The molecule has 2 rings (SSSR count). The summed E-state index contributed by atoms with van der Waals surface area (Å²) in [5, 5.41) is 7.52. The van der Waals surface area contributed by atoms with Crippen LogP contribution in [0.25, 0.3) is 0 Å². The second-order valence-corrected chi connectivity index (χ2v) is 5.04. The van der Waals surface area contributed by atoms with Gasteiger partial charge >= 0.3 is 0 Å². The molecule has 112 valence electrons. The minimum absolute atomic E-state index is 0.275. The van der Waals surface area contributed by atoms with Crippen LogP contribution in [-0.2, 0) is 13.5 Å². The molecule has 0 fully saturated rings. The van der Waals surface area contributed by atoms with E-state index < -0.39 is 0 Å². The number of carbonyl (C=O) groups is 1. The average Bonchev–Trinajstić information content (AvgIpc) is 2.75. The summed E-state index contributed by atoms with van der Waals surface area (Å²) >= 11 is 6.25. The summed E-state index contributed by atoms with van der Waals surface area (Å²) in [6.45, 7) is 2.04. The molecule has 5 nitrogen and oxygen atoms in total. The minimum Gasteiger partial charge on any atom is -0.497 e. The van der Waals surface area contributed by atoms with Crippen LogP contribution >= 0.6 is 11.6 Å². The number of carbonyl (C=O) groups excluding carboxylic acids is 1. The highest BCUT2D eigenvalue weighted by molar-refractivity contribution is 6.34. The summed E-state index contributed by atoms with van der Waals surface area (Å²) in [7, 11) is 3.31. The fraction of sp³-hybridized carbons (Fsp3) is 0.333. The predicted octanol–water partition coefficient (Wildman–Crippen LogP) is 3.29. The van der Waals surface area contributed by atoms with Gasteiger partial charge in [-0.15, -0.1) is 0 Å². The van der Waals surface area contributed by atoms with Gasteiger partial charge in [0.05, 0.1) is 17.8 Å². The van der Waals surface area contributed by atoms with Crippen LogP contribution in [0.5, 0.6) is 5.75 Å². The van der Waals surface area contributed by atoms with E-state index in [1.807, 2.05) is 6.92 Å². The molecule has 0 radical (unpaired) electrons. The van der Waals surface area contributed by atoms with Gasteiger partial charge in [0.25, 0.3) is 5.91 Å². The molecule has 1 amide bonds. The molecule has 0 bridgehead atoms. The fourth-order valence-corrected chi connectivity index (χ4v) is 2.40. The van der Waals surface area contributed by atoms with E-state index in [2.05, 4.69) is 10.4 Å². The molecular weight excluding hydrogens is 290 g/mol. The van der Waals surface area contributed by atoms with Crippen LogP contribution in [0.4, 0.5) is 5.69 Å². The van der Waals surface area contributed by atoms with E-state index in [-0.39, 0.29) is 5.91 Å². The third-order valence-corrected chi connectivity index (χ3v) is 3.50. The van der Waals surface area contributed by atoms with Crippen molar-refractivity contribution in [2.75, 3.05) is 12.4 Å². The van der Waals surface area contributed by atoms with Crippen molar-refractivity contribution in [3.05, 3.63) is 40.7 Å². The highest BCUT2D eigenvalue weighted by atomic mass is 35.5. The molecule has 0 unspecified atom stereocenters. The average molecular weight is 308 g/mol. The molecule has 1 aromatic heterocycles. The number of nitrogens with zero attached hydrogens (tertiary/aromatic N) is 2. The van der Waals surface area contributed by atoms with E-state index in [4.69, 9.17) is 16.3 Å². The number of hydrogen-bond acceptors (Lipinski definition) is 3. The number of halogens is 1. The maximum atomic E-state index is 12.3. The van der Waals surface area contributed by atoms with Crippen LogP contribution < -0.4 is 10.1 Å². The molecule has 1 aromatic carbocycles. The number of ether oxygens (including phenoxy) is 1. The van der Waals surface area contributed by atoms with Gasteiger partial charge in [-0.3, -0.25) is 9.48 Å². The number of benzene rings is 1. The van der Waals surface area contributed by atoms with Crippen molar-refractivity contribution >= 4 is 23.2 Å². The zero-order chi connectivity index (χ0) is 15.4. The van der Waals surface area contributed by atoms with Crippen LogP contribution in [0, 0.1) is 0 Å². The van der Waals surface area contributed by atoms with Gasteiger partial charge < -0.3 is 10.1 Å². The number of aromatic nitrogens is 2. The third kappa shape index (κ3) is 3.36. The number of rotatable bonds is 5. The summed E-state index contributed by atoms with van der Waals surface area (Å²) in [5.74, 6) is 0.458. The van der Waals surface area contributed by atoms with Gasteiger partial charge in [-0.2, -0.15) is 5.10 Å². The van der Waals surface area contributed by atoms with Crippen LogP contribution in [0.1, 0.15) is 29.5 Å². The summed E-state index contributed by atoms with van der Waals surface area (Å²) in [6, 6.07) is 7.11. The Balaban J connectivity index is 2.19. The van der Waals surface area contributed by atoms with Crippen molar-refractivity contribution in [2.45, 2.75) is 19.8 Å².